The number of carbonyl (C=O) groups is 2. The first-order chi connectivity index (χ1) is 7.11. The van der Waals surface area contributed by atoms with E-state index in [0.717, 1.165) is 0 Å². The summed E-state index contributed by atoms with van der Waals surface area (Å²) in [5.41, 5.74) is 2.22. The predicted octanol–water partition coefficient (Wildman–Crippen LogP) is 1.73. The number of nitrogens with one attached hydrogen (secondary N) is 1. The molecule has 0 spiro atoms. The molecule has 0 aromatic heterocycles. The highest BCUT2D eigenvalue weighted by atomic mass is 35.5. The van der Waals surface area contributed by atoms with Crippen molar-refractivity contribution in [2.45, 2.75) is 0 Å². The summed E-state index contributed by atoms with van der Waals surface area (Å²) in [5, 5.41) is 10.8. The van der Waals surface area contributed by atoms with Crippen LogP contribution in [0.5, 0.6) is 0 Å². The van der Waals surface area contributed by atoms with Gasteiger partial charge >= 0.3 is 5.97 Å². The molecule has 0 amide bonds. The molecule has 86 valence electrons. The maximum Gasteiger partial charge on any atom is 0.361 e. The lowest BCUT2D eigenvalue weighted by atomic mass is 10.3. The number of hydrogen-bond acceptors (Lipinski definition) is 4. The van der Waals surface area contributed by atoms with E-state index in [-0.39, 0.29) is 12.4 Å². The number of halogens is 2. The van der Waals surface area contributed by atoms with Crippen LogP contribution >= 0.6 is 24.0 Å². The van der Waals surface area contributed by atoms with Gasteiger partial charge in [-0.15, -0.1) is 12.4 Å². The highest BCUT2D eigenvalue weighted by Gasteiger charge is 2.17. The van der Waals surface area contributed by atoms with Gasteiger partial charge in [-0.25, -0.2) is 4.79 Å². The third-order valence-electron chi connectivity index (χ3n) is 1.46. The van der Waals surface area contributed by atoms with E-state index in [4.69, 9.17) is 16.7 Å². The third-order valence-corrected chi connectivity index (χ3v) is 1.64. The summed E-state index contributed by atoms with van der Waals surface area (Å²) in [6.45, 7) is 0. The number of rotatable bonds is 4. The summed E-state index contributed by atoms with van der Waals surface area (Å²) < 4.78 is 0. The van der Waals surface area contributed by atoms with E-state index in [1.807, 2.05) is 0 Å². The number of carboxylic acids is 1. The Morgan fingerprint density at radius 2 is 1.81 bits per heavy atom. The minimum atomic E-state index is -1.47. The molecule has 0 fully saturated rings. The number of aliphatic carboxylic acids is 1. The van der Waals surface area contributed by atoms with Crippen LogP contribution in [0.4, 0.5) is 5.69 Å². The molecule has 0 unspecified atom stereocenters. The van der Waals surface area contributed by atoms with Gasteiger partial charge in [0.1, 0.15) is 0 Å². The Bertz CT molecular complexity index is 390. The summed E-state index contributed by atoms with van der Waals surface area (Å²) in [6.07, 6.45) is 0. The van der Waals surface area contributed by atoms with Gasteiger partial charge in [0, 0.05) is 0 Å². The fourth-order valence-electron chi connectivity index (χ4n) is 0.809. The molecule has 1 rings (SSSR count). The van der Waals surface area contributed by atoms with Gasteiger partial charge in [0.15, 0.2) is 0 Å². The van der Waals surface area contributed by atoms with Crippen LogP contribution in [0.1, 0.15) is 0 Å². The first-order valence-electron chi connectivity index (χ1n) is 3.93. The molecule has 16 heavy (non-hydrogen) atoms. The second-order valence-corrected chi connectivity index (χ2v) is 2.86. The smallest absolute Gasteiger partial charge is 0.361 e. The lowest BCUT2D eigenvalue weighted by Crippen LogP contribution is -2.21. The molecule has 0 heterocycles. The van der Waals surface area contributed by atoms with E-state index in [0.29, 0.717) is 5.69 Å². The minimum absolute atomic E-state index is 0. The van der Waals surface area contributed by atoms with Crippen molar-refractivity contribution < 1.29 is 14.7 Å². The number of benzene rings is 1. The Hall–Kier alpha value is -1.59. The molecule has 1 aromatic rings. The van der Waals surface area contributed by atoms with Gasteiger partial charge in [-0.2, -0.15) is 5.10 Å². The summed E-state index contributed by atoms with van der Waals surface area (Å²) in [6, 6.07) is 8.60. The lowest BCUT2D eigenvalue weighted by molar-refractivity contribution is -0.129. The monoisotopic (exact) mass is 262 g/mol. The largest absolute Gasteiger partial charge is 0.476 e. The number of hydrazone groups is 1. The number of carbonyl (C=O) groups excluding carboxylic acids is 1. The second kappa shape index (κ2) is 6.81. The van der Waals surface area contributed by atoms with Crippen molar-refractivity contribution >= 4 is 46.6 Å². The fourth-order valence-corrected chi connectivity index (χ4v) is 0.932. The van der Waals surface area contributed by atoms with E-state index >= 15 is 0 Å². The Balaban J connectivity index is 0.00000225. The highest BCUT2D eigenvalue weighted by Crippen LogP contribution is 2.04. The summed E-state index contributed by atoms with van der Waals surface area (Å²) in [4.78, 5) is 21.1. The molecule has 0 bridgehead atoms. The van der Waals surface area contributed by atoms with Gasteiger partial charge in [0.2, 0.25) is 5.71 Å². The summed E-state index contributed by atoms with van der Waals surface area (Å²) >= 11 is 5.01. The third kappa shape index (κ3) is 4.29. The lowest BCUT2D eigenvalue weighted by Gasteiger charge is -1.99. The number of anilines is 1. The van der Waals surface area contributed by atoms with Crippen LogP contribution in [-0.4, -0.2) is 22.0 Å². The standard InChI is InChI=1S/C9H7ClN2O3.ClH/c10-8(13)7(9(14)15)12-11-6-4-2-1-3-5-6;/h1-5,11H,(H,14,15);1H. The summed E-state index contributed by atoms with van der Waals surface area (Å²) in [7, 11) is 0. The molecule has 0 aliphatic carbocycles. The van der Waals surface area contributed by atoms with Crippen molar-refractivity contribution in [2.75, 3.05) is 5.43 Å². The highest BCUT2D eigenvalue weighted by molar-refractivity contribution is 6.90. The van der Waals surface area contributed by atoms with Crippen molar-refractivity contribution in [1.82, 2.24) is 0 Å². The maximum atomic E-state index is 10.6. The zero-order valence-electron chi connectivity index (χ0n) is 7.88. The van der Waals surface area contributed by atoms with Gasteiger partial charge in [0.25, 0.3) is 5.24 Å². The van der Waals surface area contributed by atoms with Crippen molar-refractivity contribution in [3.05, 3.63) is 30.3 Å². The van der Waals surface area contributed by atoms with Gasteiger partial charge in [-0.05, 0) is 23.7 Å². The maximum absolute atomic E-state index is 10.6. The van der Waals surface area contributed by atoms with Crippen molar-refractivity contribution in [3.63, 3.8) is 0 Å². The molecular formula is C9H8Cl2N2O3. The molecule has 1 aromatic carbocycles. The molecule has 0 atom stereocenters. The first-order valence-corrected chi connectivity index (χ1v) is 4.31. The van der Waals surface area contributed by atoms with Crippen LogP contribution in [0.25, 0.3) is 0 Å². The first kappa shape index (κ1) is 14.4. The van der Waals surface area contributed by atoms with Gasteiger partial charge in [-0.3, -0.25) is 10.2 Å². The summed E-state index contributed by atoms with van der Waals surface area (Å²) in [5.74, 6) is -1.47. The number of para-hydroxylation sites is 1. The molecule has 0 aliphatic rings. The minimum Gasteiger partial charge on any atom is -0.476 e. The predicted molar refractivity (Wildman–Crippen MR) is 63.2 cm³/mol. The molecule has 5 nitrogen and oxygen atoms in total. The van der Waals surface area contributed by atoms with Crippen LogP contribution in [-0.2, 0) is 9.59 Å². The Kier molecular flexibility index (Phi) is 6.14. The Labute approximate surface area is 103 Å². The van der Waals surface area contributed by atoms with Crippen molar-refractivity contribution in [2.24, 2.45) is 5.10 Å². The van der Waals surface area contributed by atoms with Crippen molar-refractivity contribution in [1.29, 1.82) is 0 Å². The fraction of sp³-hybridized carbons (Fsp3) is 0. The normalized spacial score (nSPS) is 10.2. The van der Waals surface area contributed by atoms with E-state index in [2.05, 4.69) is 10.5 Å². The van der Waals surface area contributed by atoms with Crippen LogP contribution < -0.4 is 5.43 Å². The topological polar surface area (TPSA) is 78.8 Å². The van der Waals surface area contributed by atoms with Crippen LogP contribution in [0.3, 0.4) is 0 Å². The number of hydrogen-bond donors (Lipinski definition) is 2. The van der Waals surface area contributed by atoms with Gasteiger partial charge < -0.3 is 5.11 Å². The molecule has 0 aliphatic heterocycles. The quantitative estimate of drug-likeness (QED) is 0.375. The zero-order chi connectivity index (χ0) is 11.3. The van der Waals surface area contributed by atoms with E-state index in [1.165, 1.54) is 0 Å². The molecule has 0 saturated heterocycles. The number of carboxylic acid groups (broad SMARTS) is 1. The van der Waals surface area contributed by atoms with Crippen LogP contribution in [0.2, 0.25) is 0 Å². The average Bonchev–Trinajstić information content (AvgIpc) is 2.18. The molecule has 7 heteroatoms. The zero-order valence-corrected chi connectivity index (χ0v) is 9.46. The SMILES string of the molecule is Cl.O=C(O)C(=NNc1ccccc1)C(=O)Cl. The molecule has 0 radical (unpaired) electrons. The molecule has 2 N–H and O–H groups in total. The Morgan fingerprint density at radius 1 is 1.25 bits per heavy atom. The van der Waals surface area contributed by atoms with Gasteiger partial charge in [-0.1, -0.05) is 18.2 Å². The second-order valence-electron chi connectivity index (χ2n) is 2.52. The van der Waals surface area contributed by atoms with E-state index in [9.17, 15) is 9.59 Å². The Morgan fingerprint density at radius 3 is 2.25 bits per heavy atom. The number of nitrogens with zero attached hydrogens (tertiary/aromatic N) is 1. The van der Waals surface area contributed by atoms with E-state index < -0.39 is 16.9 Å². The van der Waals surface area contributed by atoms with E-state index in [1.54, 1.807) is 30.3 Å². The van der Waals surface area contributed by atoms with Gasteiger partial charge in [0.05, 0.1) is 5.69 Å². The molecular weight excluding hydrogens is 255 g/mol. The average molecular weight is 263 g/mol. The molecule has 0 saturated carbocycles. The van der Waals surface area contributed by atoms with Crippen molar-refractivity contribution in [3.8, 4) is 0 Å². The van der Waals surface area contributed by atoms with Crippen LogP contribution in [0.15, 0.2) is 35.4 Å². The van der Waals surface area contributed by atoms with Crippen LogP contribution in [0, 0.1) is 0 Å².